The summed E-state index contributed by atoms with van der Waals surface area (Å²) in [7, 11) is 2.10. The summed E-state index contributed by atoms with van der Waals surface area (Å²) < 4.78 is 0. The molecule has 5 heteroatoms. The summed E-state index contributed by atoms with van der Waals surface area (Å²) in [6.07, 6.45) is 2.22. The summed E-state index contributed by atoms with van der Waals surface area (Å²) >= 11 is 0. The van der Waals surface area contributed by atoms with Crippen molar-refractivity contribution in [3.63, 3.8) is 0 Å². The van der Waals surface area contributed by atoms with Crippen LogP contribution in [-0.4, -0.2) is 79.5 Å². The van der Waals surface area contributed by atoms with Gasteiger partial charge in [-0.05, 0) is 26.4 Å². The van der Waals surface area contributed by atoms with Crippen molar-refractivity contribution >= 4 is 5.91 Å². The summed E-state index contributed by atoms with van der Waals surface area (Å²) in [5.74, 6) is 0.271. The number of hydrogen-bond donors (Lipinski definition) is 1. The minimum atomic E-state index is 0.254. The Morgan fingerprint density at radius 3 is 2.59 bits per heavy atom. The van der Waals surface area contributed by atoms with Gasteiger partial charge in [-0.15, -0.1) is 0 Å². The van der Waals surface area contributed by atoms with Crippen molar-refractivity contribution < 1.29 is 4.79 Å². The van der Waals surface area contributed by atoms with Gasteiger partial charge >= 0.3 is 0 Å². The summed E-state index contributed by atoms with van der Waals surface area (Å²) in [4.78, 5) is 18.6. The monoisotopic (exact) mass is 240 g/mol. The molecule has 0 radical (unpaired) electrons. The zero-order chi connectivity index (χ0) is 12.3. The molecule has 0 aromatic carbocycles. The number of carbonyl (C=O) groups is 1. The number of nitrogens with zero attached hydrogens (tertiary/aromatic N) is 3. The van der Waals surface area contributed by atoms with Crippen LogP contribution in [0.25, 0.3) is 0 Å². The van der Waals surface area contributed by atoms with Crippen molar-refractivity contribution in [2.24, 2.45) is 5.73 Å². The first-order valence-corrected chi connectivity index (χ1v) is 6.59. The fraction of sp³-hybridized carbons (Fsp3) is 0.917. The number of rotatable bonds is 2. The van der Waals surface area contributed by atoms with Crippen LogP contribution in [0.1, 0.15) is 12.8 Å². The second-order valence-corrected chi connectivity index (χ2v) is 5.32. The second-order valence-electron chi connectivity index (χ2n) is 5.32. The first-order valence-electron chi connectivity index (χ1n) is 6.59. The Labute approximate surface area is 104 Å². The van der Waals surface area contributed by atoms with Gasteiger partial charge in [-0.25, -0.2) is 0 Å². The Bertz CT molecular complexity index is 263. The van der Waals surface area contributed by atoms with E-state index in [2.05, 4.69) is 16.8 Å². The third kappa shape index (κ3) is 3.66. The second kappa shape index (κ2) is 5.80. The molecule has 1 unspecified atom stereocenters. The lowest BCUT2D eigenvalue weighted by atomic mass is 10.1. The van der Waals surface area contributed by atoms with Gasteiger partial charge in [0.1, 0.15) is 0 Å². The van der Waals surface area contributed by atoms with Gasteiger partial charge in [0, 0.05) is 38.8 Å². The van der Waals surface area contributed by atoms with Crippen LogP contribution < -0.4 is 5.73 Å². The van der Waals surface area contributed by atoms with Crippen molar-refractivity contribution in [1.82, 2.24) is 14.7 Å². The molecule has 2 aliphatic heterocycles. The molecular formula is C12H24N4O. The Hall–Kier alpha value is -0.650. The average molecular weight is 240 g/mol. The van der Waals surface area contributed by atoms with E-state index in [0.29, 0.717) is 6.54 Å². The van der Waals surface area contributed by atoms with E-state index in [1.165, 1.54) is 0 Å². The van der Waals surface area contributed by atoms with Crippen molar-refractivity contribution in [3.05, 3.63) is 0 Å². The summed E-state index contributed by atoms with van der Waals surface area (Å²) in [6.45, 7) is 6.17. The van der Waals surface area contributed by atoms with E-state index in [1.807, 2.05) is 4.90 Å². The molecule has 0 aromatic heterocycles. The van der Waals surface area contributed by atoms with E-state index in [1.54, 1.807) is 0 Å². The Morgan fingerprint density at radius 2 is 1.94 bits per heavy atom. The van der Waals surface area contributed by atoms with E-state index < -0.39 is 0 Å². The minimum Gasteiger partial charge on any atom is -0.339 e. The van der Waals surface area contributed by atoms with Gasteiger partial charge in [-0.2, -0.15) is 0 Å². The highest BCUT2D eigenvalue weighted by atomic mass is 16.2. The van der Waals surface area contributed by atoms with E-state index in [9.17, 15) is 4.79 Å². The van der Waals surface area contributed by atoms with Gasteiger partial charge in [0.05, 0.1) is 6.54 Å². The third-order valence-electron chi connectivity index (χ3n) is 3.76. The molecule has 2 aliphatic rings. The highest BCUT2D eigenvalue weighted by molar-refractivity contribution is 5.78. The minimum absolute atomic E-state index is 0.254. The number of carbonyl (C=O) groups excluding carboxylic acids is 1. The normalized spacial score (nSPS) is 28.4. The predicted octanol–water partition coefficient (Wildman–Crippen LogP) is -0.816. The van der Waals surface area contributed by atoms with Crippen LogP contribution in [0.3, 0.4) is 0 Å². The number of hydrogen-bond acceptors (Lipinski definition) is 4. The first-order chi connectivity index (χ1) is 8.15. The molecule has 2 N–H and O–H groups in total. The molecule has 17 heavy (non-hydrogen) atoms. The largest absolute Gasteiger partial charge is 0.339 e. The zero-order valence-corrected chi connectivity index (χ0v) is 10.8. The van der Waals surface area contributed by atoms with Crippen LogP contribution >= 0.6 is 0 Å². The molecule has 0 spiro atoms. The van der Waals surface area contributed by atoms with Gasteiger partial charge in [-0.3, -0.25) is 9.69 Å². The Morgan fingerprint density at radius 1 is 1.24 bits per heavy atom. The number of likely N-dealkylation sites (N-methyl/N-ethyl adjacent to an activating group) is 1. The molecule has 0 saturated carbocycles. The molecule has 0 aromatic rings. The molecule has 2 saturated heterocycles. The molecule has 2 heterocycles. The third-order valence-corrected chi connectivity index (χ3v) is 3.76. The molecule has 1 amide bonds. The molecule has 98 valence electrons. The topological polar surface area (TPSA) is 52.8 Å². The number of nitrogens with two attached hydrogens (primary N) is 1. The SMILES string of the molecule is CN1CCN(C(=O)CN2CCCC(N)C2)CC1. The summed E-state index contributed by atoms with van der Waals surface area (Å²) in [5, 5.41) is 0. The Balaban J connectivity index is 1.76. The van der Waals surface area contributed by atoms with Gasteiger partial charge < -0.3 is 15.5 Å². The lowest BCUT2D eigenvalue weighted by Gasteiger charge is -2.35. The zero-order valence-electron chi connectivity index (χ0n) is 10.8. The van der Waals surface area contributed by atoms with Crippen LogP contribution in [0.4, 0.5) is 0 Å². The fourth-order valence-corrected chi connectivity index (χ4v) is 2.58. The molecule has 5 nitrogen and oxygen atoms in total. The van der Waals surface area contributed by atoms with Crippen LogP contribution in [-0.2, 0) is 4.79 Å². The molecular weight excluding hydrogens is 216 g/mol. The van der Waals surface area contributed by atoms with Crippen molar-refractivity contribution in [3.8, 4) is 0 Å². The van der Waals surface area contributed by atoms with E-state index >= 15 is 0 Å². The maximum Gasteiger partial charge on any atom is 0.236 e. The highest BCUT2D eigenvalue weighted by Gasteiger charge is 2.23. The number of piperazine rings is 1. The molecule has 0 bridgehead atoms. The summed E-state index contributed by atoms with van der Waals surface area (Å²) in [5.41, 5.74) is 5.92. The molecule has 1 atom stereocenters. The van der Waals surface area contributed by atoms with Gasteiger partial charge in [0.25, 0.3) is 0 Å². The van der Waals surface area contributed by atoms with Crippen LogP contribution in [0, 0.1) is 0 Å². The van der Waals surface area contributed by atoms with E-state index in [0.717, 1.165) is 52.1 Å². The van der Waals surface area contributed by atoms with E-state index in [-0.39, 0.29) is 11.9 Å². The predicted molar refractivity (Wildman–Crippen MR) is 67.7 cm³/mol. The molecule has 2 rings (SSSR count). The average Bonchev–Trinajstić information content (AvgIpc) is 2.29. The number of likely N-dealkylation sites (tertiary alicyclic amines) is 1. The number of piperidine rings is 1. The molecule has 2 fully saturated rings. The fourth-order valence-electron chi connectivity index (χ4n) is 2.58. The van der Waals surface area contributed by atoms with Gasteiger partial charge in [0.2, 0.25) is 5.91 Å². The van der Waals surface area contributed by atoms with Crippen molar-refractivity contribution in [2.75, 3.05) is 52.9 Å². The number of amides is 1. The van der Waals surface area contributed by atoms with Gasteiger partial charge in [-0.1, -0.05) is 0 Å². The van der Waals surface area contributed by atoms with E-state index in [4.69, 9.17) is 5.73 Å². The quantitative estimate of drug-likeness (QED) is 0.685. The van der Waals surface area contributed by atoms with Crippen LogP contribution in [0.2, 0.25) is 0 Å². The maximum atomic E-state index is 12.1. The first kappa shape index (κ1) is 12.8. The van der Waals surface area contributed by atoms with Crippen molar-refractivity contribution in [1.29, 1.82) is 0 Å². The highest BCUT2D eigenvalue weighted by Crippen LogP contribution is 2.09. The smallest absolute Gasteiger partial charge is 0.236 e. The summed E-state index contributed by atoms with van der Waals surface area (Å²) in [6, 6.07) is 0.254. The van der Waals surface area contributed by atoms with Crippen molar-refractivity contribution in [2.45, 2.75) is 18.9 Å². The Kier molecular flexibility index (Phi) is 4.36. The van der Waals surface area contributed by atoms with Crippen LogP contribution in [0.5, 0.6) is 0 Å². The standard InChI is InChI=1S/C12H24N4O/c1-14-5-7-16(8-6-14)12(17)10-15-4-2-3-11(13)9-15/h11H,2-10,13H2,1H3. The molecule has 0 aliphatic carbocycles. The van der Waals surface area contributed by atoms with Crippen LogP contribution in [0.15, 0.2) is 0 Å². The van der Waals surface area contributed by atoms with Gasteiger partial charge in [0.15, 0.2) is 0 Å². The lowest BCUT2D eigenvalue weighted by Crippen LogP contribution is -2.52. The maximum absolute atomic E-state index is 12.1. The lowest BCUT2D eigenvalue weighted by molar-refractivity contribution is -0.134.